The number of halogens is 2. The molecule has 1 aromatic rings. The molecule has 0 radical (unpaired) electrons. The van der Waals surface area contributed by atoms with Crippen molar-refractivity contribution in [3.8, 4) is 0 Å². The smallest absolute Gasteiger partial charge is 0.313 e. The second-order valence-corrected chi connectivity index (χ2v) is 12.9. The molecule has 2 fully saturated rings. The van der Waals surface area contributed by atoms with Gasteiger partial charge in [0.15, 0.2) is 4.99 Å². The van der Waals surface area contributed by atoms with Crippen molar-refractivity contribution in [2.45, 2.75) is 28.2 Å². The molecule has 4 atom stereocenters. The summed E-state index contributed by atoms with van der Waals surface area (Å²) in [7, 11) is 0. The predicted octanol–water partition coefficient (Wildman–Crippen LogP) is 3.24. The number of hydrogen-bond donors (Lipinski definition) is 3. The second kappa shape index (κ2) is 10.1. The van der Waals surface area contributed by atoms with Gasteiger partial charge in [0.05, 0.1) is 16.3 Å². The summed E-state index contributed by atoms with van der Waals surface area (Å²) < 4.78 is 3.14. The molecule has 3 unspecified atom stereocenters. The molecule has 3 aliphatic heterocycles. The molecule has 0 spiro atoms. The van der Waals surface area contributed by atoms with Crippen molar-refractivity contribution in [2.75, 3.05) is 23.8 Å². The van der Waals surface area contributed by atoms with Crippen LogP contribution in [0.15, 0.2) is 28.1 Å². The lowest BCUT2D eigenvalue weighted by Crippen LogP contribution is -2.74. The molecule has 8 nitrogen and oxygen atoms in total. The van der Waals surface area contributed by atoms with Gasteiger partial charge in [-0.05, 0) is 37.1 Å². The Balaban J connectivity index is 1.32. The van der Waals surface area contributed by atoms with Gasteiger partial charge in [0, 0.05) is 28.0 Å². The highest BCUT2D eigenvalue weighted by Crippen LogP contribution is 2.45. The molecule has 1 aromatic carbocycles. The number of carboxylic acids is 1. The van der Waals surface area contributed by atoms with E-state index >= 15 is 0 Å². The van der Waals surface area contributed by atoms with Crippen LogP contribution in [0.3, 0.4) is 0 Å². The minimum absolute atomic E-state index is 0.0844. The number of benzene rings is 1. The van der Waals surface area contributed by atoms with E-state index in [4.69, 9.17) is 23.2 Å². The summed E-state index contributed by atoms with van der Waals surface area (Å²) in [4.78, 5) is 43.4. The van der Waals surface area contributed by atoms with Gasteiger partial charge in [-0.1, -0.05) is 23.2 Å². The molecule has 3 heterocycles. The van der Waals surface area contributed by atoms with Crippen LogP contribution < -0.4 is 10.0 Å². The number of thioether (sulfide) groups is 3. The molecule has 3 aliphatic rings. The largest absolute Gasteiger partial charge is 0.481 e. The van der Waals surface area contributed by atoms with Gasteiger partial charge in [-0.15, -0.1) is 35.3 Å². The molecule has 33 heavy (non-hydrogen) atoms. The van der Waals surface area contributed by atoms with Gasteiger partial charge in [-0.25, -0.2) is 4.72 Å². The Kier molecular flexibility index (Phi) is 7.74. The zero-order valence-electron chi connectivity index (χ0n) is 17.2. The minimum Gasteiger partial charge on any atom is -0.481 e. The number of β-lactam (4-membered cyclic amide) rings is 1. The van der Waals surface area contributed by atoms with E-state index in [0.29, 0.717) is 26.4 Å². The zero-order valence-corrected chi connectivity index (χ0v) is 22.0. The molecule has 0 aliphatic carbocycles. The van der Waals surface area contributed by atoms with Crippen LogP contribution in [0.5, 0.6) is 0 Å². The van der Waals surface area contributed by atoms with Crippen LogP contribution >= 0.6 is 70.4 Å². The molecule has 0 aromatic heterocycles. The Morgan fingerprint density at radius 3 is 2.91 bits per heavy atom. The number of amides is 2. The molecule has 4 rings (SSSR count). The fraction of sp³-hybridized carbons (Fsp3) is 0.474. The van der Waals surface area contributed by atoms with Crippen molar-refractivity contribution < 1.29 is 19.5 Å². The first-order valence-electron chi connectivity index (χ1n) is 9.76. The summed E-state index contributed by atoms with van der Waals surface area (Å²) in [5.41, 5.74) is 0.611. The third kappa shape index (κ3) is 5.41. The van der Waals surface area contributed by atoms with Crippen molar-refractivity contribution in [1.82, 2.24) is 14.9 Å². The summed E-state index contributed by atoms with van der Waals surface area (Å²) in [6, 6.07) is 4.36. The normalized spacial score (nSPS) is 30.6. The number of aliphatic carboxylic acids is 1. The quantitative estimate of drug-likeness (QED) is 0.248. The third-order valence-electron chi connectivity index (χ3n) is 5.40. The monoisotopic (exact) mass is 566 g/mol. The summed E-state index contributed by atoms with van der Waals surface area (Å²) in [5, 5.41) is 13.5. The maximum absolute atomic E-state index is 12.8. The lowest BCUT2D eigenvalue weighted by molar-refractivity contribution is -0.157. The van der Waals surface area contributed by atoms with Crippen molar-refractivity contribution in [3.05, 3.63) is 28.2 Å². The van der Waals surface area contributed by atoms with E-state index in [-0.39, 0.29) is 29.5 Å². The number of rotatable bonds is 8. The Morgan fingerprint density at radius 1 is 1.42 bits per heavy atom. The Hall–Kier alpha value is -0.760. The third-order valence-corrected chi connectivity index (χ3v) is 11.0. The van der Waals surface area contributed by atoms with Gasteiger partial charge < -0.3 is 15.3 Å². The predicted molar refractivity (Wildman–Crippen MR) is 137 cm³/mol. The number of aliphatic imine (C=N–C) groups is 1. The maximum Gasteiger partial charge on any atom is 0.313 e. The van der Waals surface area contributed by atoms with E-state index in [1.165, 1.54) is 47.2 Å². The Morgan fingerprint density at radius 2 is 2.21 bits per heavy atom. The SMILES string of the molecule is CC1(SCC2(C(=O)O)CS[C@@H]3C(NC(=O)CSc4cc(Cl)ccc4Cl)C(=O)N3C2)N=CSN1. The van der Waals surface area contributed by atoms with Crippen LogP contribution in [0.25, 0.3) is 0 Å². The second-order valence-electron chi connectivity index (χ2n) is 7.89. The van der Waals surface area contributed by atoms with Crippen LogP contribution in [-0.4, -0.2) is 73.6 Å². The van der Waals surface area contributed by atoms with E-state index < -0.39 is 22.4 Å². The van der Waals surface area contributed by atoms with Gasteiger partial charge in [0.1, 0.15) is 16.8 Å². The number of hydrogen-bond acceptors (Lipinski definition) is 9. The molecule has 0 saturated carbocycles. The standard InChI is InChI=1S/C19H20Cl2N4O4S4/c1-18(22-9-33-24-18)32-8-19(17(28)29)6-25-15(27)14(16(25)31-7-19)23-13(26)5-30-12-4-10(20)2-3-11(12)21/h2-4,9,14,16,24H,5-8H2,1H3,(H,23,26)(H,28,29)/t14?,16-,18?,19?/m1/s1. The topological polar surface area (TPSA) is 111 Å². The number of carbonyl (C=O) groups is 3. The number of nitrogens with zero attached hydrogens (tertiary/aromatic N) is 2. The molecular formula is C19H20Cl2N4O4S4. The van der Waals surface area contributed by atoms with Gasteiger partial charge in [-0.2, -0.15) is 0 Å². The van der Waals surface area contributed by atoms with Crippen molar-refractivity contribution in [1.29, 1.82) is 0 Å². The number of fused-ring (bicyclic) bond motifs is 1. The first-order valence-corrected chi connectivity index (χ1v) is 14.4. The highest BCUT2D eigenvalue weighted by atomic mass is 35.5. The van der Waals surface area contributed by atoms with Gasteiger partial charge in [0.25, 0.3) is 0 Å². The van der Waals surface area contributed by atoms with Crippen LogP contribution in [-0.2, 0) is 14.4 Å². The van der Waals surface area contributed by atoms with Crippen LogP contribution in [0.2, 0.25) is 10.0 Å². The Bertz CT molecular complexity index is 1020. The molecule has 3 N–H and O–H groups in total. The van der Waals surface area contributed by atoms with Crippen LogP contribution in [0.1, 0.15) is 6.92 Å². The maximum atomic E-state index is 12.8. The summed E-state index contributed by atoms with van der Waals surface area (Å²) in [5.74, 6) is -0.760. The molecule has 14 heteroatoms. The van der Waals surface area contributed by atoms with E-state index in [9.17, 15) is 19.5 Å². The van der Waals surface area contributed by atoms with Crippen LogP contribution in [0.4, 0.5) is 0 Å². The molecule has 178 valence electrons. The number of carbonyl (C=O) groups excluding carboxylic acids is 2. The zero-order chi connectivity index (χ0) is 23.8. The van der Waals surface area contributed by atoms with Gasteiger partial charge in [-0.3, -0.25) is 19.4 Å². The lowest BCUT2D eigenvalue weighted by Gasteiger charge is -2.54. The van der Waals surface area contributed by atoms with E-state index in [2.05, 4.69) is 15.0 Å². The minimum atomic E-state index is -1.08. The molecule has 0 bridgehead atoms. The number of carboxylic acid groups (broad SMARTS) is 1. The van der Waals surface area contributed by atoms with E-state index in [0.717, 1.165) is 0 Å². The van der Waals surface area contributed by atoms with Gasteiger partial charge >= 0.3 is 5.97 Å². The first kappa shape index (κ1) is 25.3. The molecule has 2 saturated heterocycles. The fourth-order valence-corrected chi connectivity index (χ4v) is 8.50. The summed E-state index contributed by atoms with van der Waals surface area (Å²) in [6.07, 6.45) is 0. The average Bonchev–Trinajstić information content (AvgIpc) is 3.23. The van der Waals surface area contributed by atoms with E-state index in [1.807, 2.05) is 6.92 Å². The van der Waals surface area contributed by atoms with Crippen molar-refractivity contribution >= 4 is 93.8 Å². The summed E-state index contributed by atoms with van der Waals surface area (Å²) >= 11 is 17.5. The average molecular weight is 568 g/mol. The number of nitrogens with one attached hydrogen (secondary N) is 2. The van der Waals surface area contributed by atoms with Crippen molar-refractivity contribution in [2.24, 2.45) is 10.4 Å². The summed E-state index contributed by atoms with van der Waals surface area (Å²) in [6.45, 7) is 2.00. The first-order chi connectivity index (χ1) is 15.6. The van der Waals surface area contributed by atoms with Crippen molar-refractivity contribution in [3.63, 3.8) is 0 Å². The fourth-order valence-electron chi connectivity index (χ4n) is 3.49. The highest BCUT2D eigenvalue weighted by molar-refractivity contribution is 8.12. The van der Waals surface area contributed by atoms with Gasteiger partial charge in [0.2, 0.25) is 11.8 Å². The lowest BCUT2D eigenvalue weighted by atomic mass is 9.89. The molecule has 2 amide bonds. The van der Waals surface area contributed by atoms with Crippen LogP contribution in [0, 0.1) is 5.41 Å². The highest BCUT2D eigenvalue weighted by Gasteiger charge is 2.57. The molecular weight excluding hydrogens is 547 g/mol. The van der Waals surface area contributed by atoms with E-state index in [1.54, 1.807) is 28.6 Å². The Labute approximate surface area is 217 Å².